The van der Waals surface area contributed by atoms with Crippen molar-refractivity contribution in [3.05, 3.63) is 12.7 Å². The molecule has 22 heavy (non-hydrogen) atoms. The van der Waals surface area contributed by atoms with Crippen molar-refractivity contribution in [3.63, 3.8) is 0 Å². The standard InChI is InChI=1S/C19H34O2S/c1-2-3-4-5-6-7-8-9-10-14-19(20)15-17-12-11-13-18(16-19)22(17)21/h2,17-18,20H,1,3-16H2. The van der Waals surface area contributed by atoms with Crippen LogP contribution in [0.25, 0.3) is 0 Å². The molecular formula is C19H34O2S. The highest BCUT2D eigenvalue weighted by Gasteiger charge is 2.44. The lowest BCUT2D eigenvalue weighted by Crippen LogP contribution is -2.48. The molecule has 0 aromatic rings. The summed E-state index contributed by atoms with van der Waals surface area (Å²) in [5.41, 5.74) is -0.506. The smallest absolute Gasteiger partial charge is 0.0670 e. The van der Waals surface area contributed by atoms with Crippen molar-refractivity contribution >= 4 is 10.8 Å². The lowest BCUT2D eigenvalue weighted by atomic mass is 9.82. The average molecular weight is 327 g/mol. The van der Waals surface area contributed by atoms with Gasteiger partial charge < -0.3 is 5.11 Å². The number of unbranched alkanes of at least 4 members (excludes halogenated alkanes) is 7. The first-order chi connectivity index (χ1) is 10.6. The van der Waals surface area contributed by atoms with Gasteiger partial charge in [-0.05, 0) is 44.9 Å². The van der Waals surface area contributed by atoms with Gasteiger partial charge in [-0.15, -0.1) is 6.58 Å². The highest BCUT2D eigenvalue weighted by atomic mass is 32.2. The quantitative estimate of drug-likeness (QED) is 0.459. The van der Waals surface area contributed by atoms with E-state index in [0.717, 1.165) is 44.9 Å². The zero-order valence-corrected chi connectivity index (χ0v) is 14.9. The second kappa shape index (κ2) is 9.22. The van der Waals surface area contributed by atoms with Gasteiger partial charge in [-0.3, -0.25) is 4.21 Å². The molecule has 0 amide bonds. The maximum atomic E-state index is 12.2. The number of hydrogen-bond acceptors (Lipinski definition) is 2. The Hall–Kier alpha value is -0.150. The summed E-state index contributed by atoms with van der Waals surface area (Å²) in [5.74, 6) is 0. The predicted molar refractivity (Wildman–Crippen MR) is 95.5 cm³/mol. The monoisotopic (exact) mass is 326 g/mol. The Labute approximate surface area is 139 Å². The van der Waals surface area contributed by atoms with E-state index in [2.05, 4.69) is 6.58 Å². The van der Waals surface area contributed by atoms with Crippen LogP contribution in [0.3, 0.4) is 0 Å². The van der Waals surface area contributed by atoms with Crippen LogP contribution in [-0.2, 0) is 10.8 Å². The van der Waals surface area contributed by atoms with E-state index in [1.165, 1.54) is 44.9 Å². The molecule has 2 nitrogen and oxygen atoms in total. The van der Waals surface area contributed by atoms with Gasteiger partial charge in [-0.2, -0.15) is 0 Å². The van der Waals surface area contributed by atoms with Gasteiger partial charge in [0.1, 0.15) is 0 Å². The summed E-state index contributed by atoms with van der Waals surface area (Å²) in [6.07, 6.45) is 17.9. The minimum absolute atomic E-state index is 0.280. The summed E-state index contributed by atoms with van der Waals surface area (Å²) in [6, 6.07) is 0. The van der Waals surface area contributed by atoms with Crippen molar-refractivity contribution in [2.24, 2.45) is 0 Å². The third-order valence-electron chi connectivity index (χ3n) is 5.47. The second-order valence-electron chi connectivity index (χ2n) is 7.44. The zero-order chi connectivity index (χ0) is 15.8. The van der Waals surface area contributed by atoms with Crippen molar-refractivity contribution in [2.75, 3.05) is 0 Å². The third kappa shape index (κ3) is 5.49. The minimum Gasteiger partial charge on any atom is -0.390 e. The Kier molecular flexibility index (Phi) is 7.62. The van der Waals surface area contributed by atoms with Crippen molar-refractivity contribution in [2.45, 2.75) is 106 Å². The van der Waals surface area contributed by atoms with Gasteiger partial charge in [0.15, 0.2) is 0 Å². The maximum absolute atomic E-state index is 12.2. The summed E-state index contributed by atoms with van der Waals surface area (Å²) >= 11 is 0. The molecule has 2 heterocycles. The van der Waals surface area contributed by atoms with Gasteiger partial charge >= 0.3 is 0 Å². The molecule has 2 aliphatic heterocycles. The molecule has 2 rings (SSSR count). The zero-order valence-electron chi connectivity index (χ0n) is 14.1. The summed E-state index contributed by atoms with van der Waals surface area (Å²) < 4.78 is 12.2. The Morgan fingerprint density at radius 3 is 2.14 bits per heavy atom. The van der Waals surface area contributed by atoms with Gasteiger partial charge in [-0.25, -0.2) is 0 Å². The lowest BCUT2D eigenvalue weighted by molar-refractivity contribution is 0.000871. The Balaban J connectivity index is 1.57. The van der Waals surface area contributed by atoms with E-state index in [-0.39, 0.29) is 10.5 Å². The molecule has 2 atom stereocenters. The molecule has 0 saturated carbocycles. The fourth-order valence-electron chi connectivity index (χ4n) is 4.21. The summed E-state index contributed by atoms with van der Waals surface area (Å²) in [4.78, 5) is 0. The first-order valence-corrected chi connectivity index (χ1v) is 10.6. The van der Waals surface area contributed by atoms with Gasteiger partial charge in [0.25, 0.3) is 0 Å². The van der Waals surface area contributed by atoms with Crippen LogP contribution in [0.15, 0.2) is 12.7 Å². The SMILES string of the molecule is C=CCCCCCCCCCC1(O)CC2CCCC(C1)S2=O. The van der Waals surface area contributed by atoms with E-state index in [1.807, 2.05) is 6.08 Å². The topological polar surface area (TPSA) is 37.3 Å². The first-order valence-electron chi connectivity index (χ1n) is 9.37. The largest absolute Gasteiger partial charge is 0.390 e. The molecule has 128 valence electrons. The molecule has 2 aliphatic rings. The van der Waals surface area contributed by atoms with Crippen LogP contribution in [0.5, 0.6) is 0 Å². The number of hydrogen-bond donors (Lipinski definition) is 1. The molecular weight excluding hydrogens is 292 g/mol. The normalized spacial score (nSPS) is 34.5. The highest BCUT2D eigenvalue weighted by Crippen LogP contribution is 2.41. The average Bonchev–Trinajstić information content (AvgIpc) is 2.48. The third-order valence-corrected chi connectivity index (χ3v) is 7.59. The van der Waals surface area contributed by atoms with Crippen molar-refractivity contribution in [1.82, 2.24) is 0 Å². The molecule has 0 radical (unpaired) electrons. The van der Waals surface area contributed by atoms with Gasteiger partial charge in [0.2, 0.25) is 0 Å². The fraction of sp³-hybridized carbons (Fsp3) is 0.895. The van der Waals surface area contributed by atoms with Crippen LogP contribution in [0.4, 0.5) is 0 Å². The van der Waals surface area contributed by atoms with Crippen LogP contribution >= 0.6 is 0 Å². The van der Waals surface area contributed by atoms with Gasteiger partial charge in [-0.1, -0.05) is 51.0 Å². The molecule has 2 fully saturated rings. The number of aliphatic hydroxyl groups is 1. The Morgan fingerprint density at radius 1 is 1.00 bits per heavy atom. The summed E-state index contributed by atoms with van der Waals surface area (Å²) in [7, 11) is -0.664. The molecule has 2 unspecified atom stereocenters. The maximum Gasteiger partial charge on any atom is 0.0670 e. The van der Waals surface area contributed by atoms with Crippen molar-refractivity contribution < 1.29 is 9.32 Å². The van der Waals surface area contributed by atoms with E-state index in [0.29, 0.717) is 0 Å². The van der Waals surface area contributed by atoms with Crippen molar-refractivity contribution in [1.29, 1.82) is 0 Å². The first kappa shape index (κ1) is 18.2. The minimum atomic E-state index is -0.664. The fourth-order valence-corrected chi connectivity index (χ4v) is 6.50. The lowest BCUT2D eigenvalue weighted by Gasteiger charge is -2.43. The van der Waals surface area contributed by atoms with Crippen LogP contribution < -0.4 is 0 Å². The second-order valence-corrected chi connectivity index (χ2v) is 9.43. The van der Waals surface area contributed by atoms with E-state index >= 15 is 0 Å². The highest BCUT2D eigenvalue weighted by molar-refractivity contribution is 7.86. The van der Waals surface area contributed by atoms with Crippen molar-refractivity contribution in [3.8, 4) is 0 Å². The molecule has 0 aromatic heterocycles. The summed E-state index contributed by atoms with van der Waals surface area (Å²) in [5, 5.41) is 11.4. The van der Waals surface area contributed by atoms with Crippen LogP contribution in [0.2, 0.25) is 0 Å². The number of rotatable bonds is 10. The molecule has 0 aromatic carbocycles. The molecule has 0 aliphatic carbocycles. The number of allylic oxidation sites excluding steroid dienone is 1. The molecule has 1 N–H and O–H groups in total. The van der Waals surface area contributed by atoms with E-state index in [9.17, 15) is 9.32 Å². The van der Waals surface area contributed by atoms with E-state index in [1.54, 1.807) is 0 Å². The molecule has 2 bridgehead atoms. The molecule has 0 spiro atoms. The van der Waals surface area contributed by atoms with Crippen LogP contribution in [0, 0.1) is 0 Å². The van der Waals surface area contributed by atoms with Gasteiger partial charge in [0.05, 0.1) is 5.60 Å². The van der Waals surface area contributed by atoms with Crippen LogP contribution in [0.1, 0.15) is 89.9 Å². The molecule has 2 saturated heterocycles. The molecule has 3 heteroatoms. The predicted octanol–water partition coefficient (Wildman–Crippen LogP) is 4.88. The summed E-state index contributed by atoms with van der Waals surface area (Å²) in [6.45, 7) is 3.75. The van der Waals surface area contributed by atoms with E-state index < -0.39 is 16.4 Å². The van der Waals surface area contributed by atoms with Gasteiger partial charge in [0, 0.05) is 21.3 Å². The van der Waals surface area contributed by atoms with Crippen LogP contribution in [-0.4, -0.2) is 25.4 Å². The Bertz CT molecular complexity index is 350. The number of fused-ring (bicyclic) bond motifs is 2. The Morgan fingerprint density at radius 2 is 1.55 bits per heavy atom. The van der Waals surface area contributed by atoms with E-state index in [4.69, 9.17) is 0 Å².